The van der Waals surface area contributed by atoms with Crippen LogP contribution in [0.5, 0.6) is 5.75 Å². The summed E-state index contributed by atoms with van der Waals surface area (Å²) < 4.78 is 57.4. The van der Waals surface area contributed by atoms with E-state index < -0.39 is 13.4 Å². The highest BCUT2D eigenvalue weighted by molar-refractivity contribution is 5.98. The van der Waals surface area contributed by atoms with E-state index in [1.54, 1.807) is 19.1 Å². The molecule has 0 amide bonds. The molecule has 0 aliphatic heterocycles. The van der Waals surface area contributed by atoms with E-state index in [0.29, 0.717) is 28.9 Å². The van der Waals surface area contributed by atoms with E-state index in [2.05, 4.69) is 16.4 Å². The van der Waals surface area contributed by atoms with E-state index in [9.17, 15) is 14.4 Å². The first-order chi connectivity index (χ1) is 17.7. The Labute approximate surface area is 200 Å². The van der Waals surface area contributed by atoms with E-state index in [0.717, 1.165) is 0 Å². The monoisotopic (exact) mass is 451 g/mol. The standard InChI is InChI=1S/C26H27FN4O2/c1-5-33-25-14-24-22(13-18(25)12-21(32)7-6-10-31(3)4)26(19(15-28)16-29-24)30-20-8-9-23(27)17(2)11-20/h6-9,11,13-14,16H,5,10,12H2,1-4H3,(H,29,30)/b7-6+/i1D3,5D2. The molecule has 0 fully saturated rings. The number of hydrogen-bond donors (Lipinski definition) is 1. The van der Waals surface area contributed by atoms with Gasteiger partial charge >= 0.3 is 0 Å². The van der Waals surface area contributed by atoms with Crippen LogP contribution in [0, 0.1) is 24.1 Å². The second kappa shape index (κ2) is 10.7. The smallest absolute Gasteiger partial charge is 0.159 e. The highest BCUT2D eigenvalue weighted by atomic mass is 19.1. The number of ketones is 1. The van der Waals surface area contributed by atoms with Gasteiger partial charge in [0.1, 0.15) is 17.6 Å². The molecule has 0 saturated heterocycles. The molecule has 1 N–H and O–H groups in total. The number of hydrogen-bond acceptors (Lipinski definition) is 6. The number of fused-ring (bicyclic) bond motifs is 1. The third-order valence-electron chi connectivity index (χ3n) is 4.90. The molecule has 0 unspecified atom stereocenters. The molecule has 33 heavy (non-hydrogen) atoms. The summed E-state index contributed by atoms with van der Waals surface area (Å²) in [6, 6.07) is 9.30. The number of rotatable bonds is 9. The summed E-state index contributed by atoms with van der Waals surface area (Å²) >= 11 is 0. The number of benzene rings is 2. The van der Waals surface area contributed by atoms with Crippen LogP contribution in [0.15, 0.2) is 48.7 Å². The summed E-state index contributed by atoms with van der Waals surface area (Å²) in [7, 11) is 3.69. The molecule has 1 aromatic heterocycles. The zero-order chi connectivity index (χ0) is 28.3. The van der Waals surface area contributed by atoms with Crippen molar-refractivity contribution in [3.8, 4) is 11.8 Å². The average Bonchev–Trinajstić information content (AvgIpc) is 2.81. The van der Waals surface area contributed by atoms with Crippen LogP contribution in [0.1, 0.15) is 30.4 Å². The van der Waals surface area contributed by atoms with Crippen LogP contribution in [-0.4, -0.2) is 42.9 Å². The van der Waals surface area contributed by atoms with Gasteiger partial charge in [-0.05, 0) is 63.8 Å². The lowest BCUT2D eigenvalue weighted by Gasteiger charge is -2.15. The molecule has 2 aromatic carbocycles. The number of likely N-dealkylation sites (N-methyl/N-ethyl adjacent to an activating group) is 1. The molecule has 0 bridgehead atoms. The van der Waals surface area contributed by atoms with Crippen molar-refractivity contribution in [2.75, 3.05) is 32.5 Å². The van der Waals surface area contributed by atoms with Crippen LogP contribution < -0.4 is 10.1 Å². The zero-order valence-corrected chi connectivity index (χ0v) is 18.6. The zero-order valence-electron chi connectivity index (χ0n) is 23.6. The van der Waals surface area contributed by atoms with E-state index in [1.807, 2.05) is 19.0 Å². The van der Waals surface area contributed by atoms with Crippen molar-refractivity contribution in [2.45, 2.75) is 20.2 Å². The molecule has 0 radical (unpaired) electrons. The van der Waals surface area contributed by atoms with Crippen LogP contribution in [0.4, 0.5) is 15.8 Å². The summed E-state index contributed by atoms with van der Waals surface area (Å²) in [5.41, 5.74) is 1.89. The predicted octanol–water partition coefficient (Wildman–Crippen LogP) is 4.93. The van der Waals surface area contributed by atoms with Gasteiger partial charge in [0, 0.05) is 46.0 Å². The topological polar surface area (TPSA) is 78.2 Å². The first-order valence-corrected chi connectivity index (χ1v) is 10.1. The number of anilines is 2. The minimum atomic E-state index is -3.10. The van der Waals surface area contributed by atoms with Crippen molar-refractivity contribution >= 4 is 28.1 Å². The fourth-order valence-electron chi connectivity index (χ4n) is 3.28. The average molecular weight is 452 g/mol. The maximum atomic E-state index is 13.8. The number of ether oxygens (including phenoxy) is 1. The van der Waals surface area contributed by atoms with E-state index >= 15 is 0 Å². The number of allylic oxidation sites excluding steroid dienone is 1. The summed E-state index contributed by atoms with van der Waals surface area (Å²) in [6.45, 7) is -4.01. The van der Waals surface area contributed by atoms with Gasteiger partial charge in [0.2, 0.25) is 0 Å². The summed E-state index contributed by atoms with van der Waals surface area (Å²) in [4.78, 5) is 18.9. The summed E-state index contributed by atoms with van der Waals surface area (Å²) in [5.74, 6) is -0.864. The maximum Gasteiger partial charge on any atom is 0.159 e. The normalized spacial score (nSPS) is 14.2. The fraction of sp³-hybridized carbons (Fsp3) is 0.269. The van der Waals surface area contributed by atoms with Crippen molar-refractivity contribution in [1.29, 1.82) is 5.26 Å². The SMILES string of the molecule is [2H]C([2H])([2H])C([2H])([2H])Oc1cc2ncc(C#N)c(Nc3ccc(F)c(C)c3)c2cc1CC(=O)/C=C/CN(C)C. The summed E-state index contributed by atoms with van der Waals surface area (Å²) in [6.07, 6.45) is 4.14. The largest absolute Gasteiger partial charge is 0.494 e. The Morgan fingerprint density at radius 1 is 1.39 bits per heavy atom. The highest BCUT2D eigenvalue weighted by Crippen LogP contribution is 2.34. The number of aryl methyl sites for hydroxylation is 1. The first-order valence-electron chi connectivity index (χ1n) is 12.6. The molecule has 6 nitrogen and oxygen atoms in total. The minimum Gasteiger partial charge on any atom is -0.494 e. The lowest BCUT2D eigenvalue weighted by Crippen LogP contribution is -2.11. The van der Waals surface area contributed by atoms with Crippen LogP contribution in [0.25, 0.3) is 10.9 Å². The lowest BCUT2D eigenvalue weighted by molar-refractivity contribution is -0.114. The molecule has 1 heterocycles. The maximum absolute atomic E-state index is 13.8. The summed E-state index contributed by atoms with van der Waals surface area (Å²) in [5, 5.41) is 13.2. The molecule has 0 aliphatic carbocycles. The number of carbonyl (C=O) groups is 1. The number of aromatic nitrogens is 1. The van der Waals surface area contributed by atoms with Gasteiger partial charge in [-0.2, -0.15) is 5.26 Å². The molecule has 3 rings (SSSR count). The molecule has 170 valence electrons. The van der Waals surface area contributed by atoms with Crippen LogP contribution in [0.2, 0.25) is 0 Å². The van der Waals surface area contributed by atoms with E-state index in [-0.39, 0.29) is 40.4 Å². The minimum absolute atomic E-state index is 0.159. The Morgan fingerprint density at radius 3 is 2.91 bits per heavy atom. The number of nitrogens with one attached hydrogen (secondary N) is 1. The number of pyridine rings is 1. The Bertz CT molecular complexity index is 1430. The number of nitrogens with zero attached hydrogens (tertiary/aromatic N) is 3. The van der Waals surface area contributed by atoms with Gasteiger partial charge in [0.25, 0.3) is 0 Å². The van der Waals surface area contributed by atoms with Crippen LogP contribution in [-0.2, 0) is 11.2 Å². The molecule has 0 aliphatic rings. The van der Waals surface area contributed by atoms with Crippen molar-refractivity contribution in [1.82, 2.24) is 9.88 Å². The van der Waals surface area contributed by atoms with Gasteiger partial charge in [0.05, 0.1) is 26.1 Å². The molecule has 0 atom stereocenters. The van der Waals surface area contributed by atoms with Gasteiger partial charge in [-0.1, -0.05) is 6.08 Å². The van der Waals surface area contributed by atoms with Crippen molar-refractivity contribution in [3.63, 3.8) is 0 Å². The van der Waals surface area contributed by atoms with Gasteiger partial charge < -0.3 is 15.0 Å². The molecular weight excluding hydrogens is 419 g/mol. The van der Waals surface area contributed by atoms with Crippen molar-refractivity contribution < 1.29 is 20.8 Å². The Morgan fingerprint density at radius 2 is 2.21 bits per heavy atom. The van der Waals surface area contributed by atoms with E-state index in [1.165, 1.54) is 36.5 Å². The molecule has 3 aromatic rings. The van der Waals surface area contributed by atoms with Gasteiger partial charge in [-0.25, -0.2) is 4.39 Å². The fourth-order valence-corrected chi connectivity index (χ4v) is 3.28. The molecular formula is C26H27FN4O2. The van der Waals surface area contributed by atoms with Crippen molar-refractivity contribution in [2.24, 2.45) is 0 Å². The number of nitriles is 1. The predicted molar refractivity (Wildman–Crippen MR) is 128 cm³/mol. The van der Waals surface area contributed by atoms with E-state index in [4.69, 9.17) is 11.6 Å². The van der Waals surface area contributed by atoms with Gasteiger partial charge in [-0.15, -0.1) is 0 Å². The highest BCUT2D eigenvalue weighted by Gasteiger charge is 2.16. The Balaban J connectivity index is 2.16. The second-order valence-corrected chi connectivity index (χ2v) is 7.74. The number of halogens is 1. The molecule has 0 spiro atoms. The Hall–Kier alpha value is -3.76. The van der Waals surface area contributed by atoms with Gasteiger partial charge in [-0.3, -0.25) is 9.78 Å². The Kier molecular flexibility index (Phi) is 5.76. The molecule has 7 heteroatoms. The lowest BCUT2D eigenvalue weighted by atomic mass is 10.0. The van der Waals surface area contributed by atoms with Crippen LogP contribution in [0.3, 0.4) is 0 Å². The number of carbonyl (C=O) groups excluding carboxylic acids is 1. The van der Waals surface area contributed by atoms with Crippen molar-refractivity contribution in [3.05, 3.63) is 71.2 Å². The molecule has 0 saturated carbocycles. The third kappa shape index (κ3) is 5.93. The van der Waals surface area contributed by atoms with Crippen LogP contribution >= 0.6 is 0 Å². The van der Waals surface area contributed by atoms with Gasteiger partial charge in [0.15, 0.2) is 5.78 Å². The first kappa shape index (κ1) is 17.8. The quantitative estimate of drug-likeness (QED) is 0.465. The third-order valence-corrected chi connectivity index (χ3v) is 4.90. The second-order valence-electron chi connectivity index (χ2n) is 7.74.